The first-order valence-corrected chi connectivity index (χ1v) is 2.27. The highest BCUT2D eigenvalue weighted by Gasteiger charge is 1.90. The Hall–Kier alpha value is -0.0400. The SMILES string of the molecule is [2H]C([2H])(Cl)C([2H])([2H])C([2H])([2H])C([2H])([2H])C(C)=O. The largest absolute Gasteiger partial charge is 0.300 e. The lowest BCUT2D eigenvalue weighted by atomic mass is 10.2. The molecule has 0 atom stereocenters. The van der Waals surface area contributed by atoms with Gasteiger partial charge in [0.05, 0.1) is 0 Å². The van der Waals surface area contributed by atoms with Crippen molar-refractivity contribution >= 4 is 17.4 Å². The first-order chi connectivity index (χ1) is 6.69. The van der Waals surface area contributed by atoms with E-state index in [2.05, 4.69) is 0 Å². The van der Waals surface area contributed by atoms with Gasteiger partial charge < -0.3 is 4.79 Å². The Kier molecular flexibility index (Phi) is 1.10. The minimum Gasteiger partial charge on any atom is -0.300 e. The maximum absolute atomic E-state index is 10.9. The van der Waals surface area contributed by atoms with E-state index in [1.807, 2.05) is 0 Å². The van der Waals surface area contributed by atoms with Crippen LogP contribution in [0.25, 0.3) is 0 Å². The lowest BCUT2D eigenvalue weighted by Gasteiger charge is -1.89. The van der Waals surface area contributed by atoms with Gasteiger partial charge >= 0.3 is 0 Å². The molecule has 2 heteroatoms. The molecule has 0 radical (unpaired) electrons. The van der Waals surface area contributed by atoms with Crippen molar-refractivity contribution in [2.75, 3.05) is 5.83 Å². The summed E-state index contributed by atoms with van der Waals surface area (Å²) in [6.07, 6.45) is -9.92. The summed E-state index contributed by atoms with van der Waals surface area (Å²) in [5.74, 6) is -4.37. The minimum absolute atomic E-state index is 0.762. The summed E-state index contributed by atoms with van der Waals surface area (Å²) in [6, 6.07) is 0. The zero-order valence-electron chi connectivity index (χ0n) is 12.3. The van der Waals surface area contributed by atoms with Gasteiger partial charge in [0.2, 0.25) is 0 Å². The third kappa shape index (κ3) is 5.96. The number of halogens is 1. The van der Waals surface area contributed by atoms with Crippen LogP contribution in [0.5, 0.6) is 0 Å². The zero-order chi connectivity index (χ0) is 13.6. The van der Waals surface area contributed by atoms with E-state index >= 15 is 0 Å². The molecule has 48 valence electrons. The summed E-state index contributed by atoms with van der Waals surface area (Å²) >= 11 is 5.06. The maximum atomic E-state index is 10.9. The second-order valence-electron chi connectivity index (χ2n) is 1.03. The smallest absolute Gasteiger partial charge is 0.129 e. The molecule has 8 heavy (non-hydrogen) atoms. The zero-order valence-corrected chi connectivity index (χ0v) is 5.04. The van der Waals surface area contributed by atoms with Gasteiger partial charge in [-0.2, -0.15) is 0 Å². The van der Waals surface area contributed by atoms with Crippen LogP contribution in [-0.2, 0) is 4.79 Å². The number of ketones is 1. The van der Waals surface area contributed by atoms with E-state index in [1.165, 1.54) is 0 Å². The normalized spacial score (nSPS) is 31.2. The molecule has 0 aromatic carbocycles. The molecule has 0 N–H and O–H groups in total. The minimum atomic E-state index is -3.39. The van der Waals surface area contributed by atoms with Crippen molar-refractivity contribution in [3.63, 3.8) is 0 Å². The molecule has 0 saturated heterocycles. The summed E-state index contributed by atoms with van der Waals surface area (Å²) in [4.78, 5) is 10.9. The number of Topliss-reactive ketones (excluding diaryl/α,β-unsaturated/α-hetero) is 1. The Morgan fingerprint density at radius 3 is 2.75 bits per heavy atom. The highest BCUT2D eigenvalue weighted by molar-refractivity contribution is 6.17. The van der Waals surface area contributed by atoms with Crippen molar-refractivity contribution in [3.8, 4) is 0 Å². The lowest BCUT2D eigenvalue weighted by Crippen LogP contribution is -1.88. The average Bonchev–Trinajstić information content (AvgIpc) is 2.00. The maximum Gasteiger partial charge on any atom is 0.129 e. The van der Waals surface area contributed by atoms with Crippen LogP contribution in [0.15, 0.2) is 0 Å². The molecule has 0 saturated carbocycles. The molecule has 0 aliphatic heterocycles. The number of rotatable bonds is 4. The molecule has 0 aliphatic carbocycles. The molecule has 0 aliphatic rings. The molecule has 0 aromatic rings. The van der Waals surface area contributed by atoms with Gasteiger partial charge in [-0.15, -0.1) is 11.6 Å². The van der Waals surface area contributed by atoms with Crippen molar-refractivity contribution in [1.29, 1.82) is 0 Å². The van der Waals surface area contributed by atoms with Crippen molar-refractivity contribution in [3.05, 3.63) is 0 Å². The third-order valence-electron chi connectivity index (χ3n) is 0.348. The van der Waals surface area contributed by atoms with E-state index in [0.29, 0.717) is 0 Å². The molecule has 0 unspecified atom stereocenters. The van der Waals surface area contributed by atoms with Gasteiger partial charge in [-0.3, -0.25) is 0 Å². The summed E-state index contributed by atoms with van der Waals surface area (Å²) in [7, 11) is 0. The highest BCUT2D eigenvalue weighted by atomic mass is 35.5. The van der Waals surface area contributed by atoms with E-state index in [-0.39, 0.29) is 0 Å². The van der Waals surface area contributed by atoms with Crippen molar-refractivity contribution in [1.82, 2.24) is 0 Å². The van der Waals surface area contributed by atoms with Gasteiger partial charge in [-0.05, 0) is 19.7 Å². The Morgan fingerprint density at radius 1 is 1.75 bits per heavy atom. The fourth-order valence-electron chi connectivity index (χ4n) is 0.143. The molecular formula is C6H11ClO. The fourth-order valence-corrected chi connectivity index (χ4v) is 0.190. The molecule has 0 heterocycles. The van der Waals surface area contributed by atoms with Crippen molar-refractivity contribution in [2.45, 2.75) is 26.0 Å². The summed E-state index contributed by atoms with van der Waals surface area (Å²) in [5, 5.41) is 0. The van der Waals surface area contributed by atoms with Gasteiger partial charge in [0.15, 0.2) is 0 Å². The standard InChI is InChI=1S/C6H11ClO/c1-6(8)4-2-3-5-7/h2-5H2,1H3/i2D2,3D2,4D2,5D2. The molecule has 1 nitrogen and oxygen atoms in total. The second-order valence-corrected chi connectivity index (χ2v) is 1.21. The number of alkyl halides is 1. The van der Waals surface area contributed by atoms with Crippen LogP contribution >= 0.6 is 11.6 Å². The van der Waals surface area contributed by atoms with E-state index in [9.17, 15) is 4.79 Å². The molecule has 0 aromatic heterocycles. The molecule has 0 amide bonds. The van der Waals surface area contributed by atoms with Crippen LogP contribution in [-0.4, -0.2) is 11.6 Å². The molecule has 0 rings (SSSR count). The van der Waals surface area contributed by atoms with E-state index in [0.717, 1.165) is 6.92 Å². The lowest BCUT2D eigenvalue weighted by molar-refractivity contribution is -0.117. The topological polar surface area (TPSA) is 17.1 Å². The Balaban J connectivity index is 5.62. The second kappa shape index (κ2) is 5.10. The van der Waals surface area contributed by atoms with Gasteiger partial charge in [-0.25, -0.2) is 0 Å². The average molecular weight is 143 g/mol. The van der Waals surface area contributed by atoms with Crippen LogP contribution < -0.4 is 0 Å². The van der Waals surface area contributed by atoms with E-state index in [4.69, 9.17) is 22.6 Å². The van der Waals surface area contributed by atoms with Crippen LogP contribution in [0.1, 0.15) is 37.0 Å². The highest BCUT2D eigenvalue weighted by Crippen LogP contribution is 1.96. The van der Waals surface area contributed by atoms with E-state index in [1.54, 1.807) is 0 Å². The monoisotopic (exact) mass is 142 g/mol. The summed E-state index contributed by atoms with van der Waals surface area (Å²) in [5.41, 5.74) is 0. The van der Waals surface area contributed by atoms with Crippen LogP contribution in [0.3, 0.4) is 0 Å². The number of hydrogen-bond acceptors (Lipinski definition) is 1. The first-order valence-electron chi connectivity index (χ1n) is 5.89. The predicted octanol–water partition coefficient (Wildman–Crippen LogP) is 1.98. The first kappa shape index (κ1) is 1.72. The van der Waals surface area contributed by atoms with Gasteiger partial charge in [0, 0.05) is 23.2 Å². The third-order valence-corrected chi connectivity index (χ3v) is 0.443. The van der Waals surface area contributed by atoms with Gasteiger partial charge in [-0.1, -0.05) is 0 Å². The van der Waals surface area contributed by atoms with Gasteiger partial charge in [0.1, 0.15) is 5.78 Å². The van der Waals surface area contributed by atoms with Crippen LogP contribution in [0.4, 0.5) is 0 Å². The Labute approximate surface area is 66.3 Å². The summed E-state index contributed by atoms with van der Waals surface area (Å²) in [6.45, 7) is 0.762. The number of hydrogen-bond donors (Lipinski definition) is 0. The van der Waals surface area contributed by atoms with Crippen molar-refractivity contribution < 1.29 is 15.8 Å². The predicted molar refractivity (Wildman–Crippen MR) is 35.3 cm³/mol. The quantitative estimate of drug-likeness (QED) is 0.549. The molecule has 0 spiro atoms. The fraction of sp³-hybridized carbons (Fsp3) is 0.833. The number of carbonyl (C=O) groups is 1. The summed E-state index contributed by atoms with van der Waals surface area (Å²) < 4.78 is 57.3. The van der Waals surface area contributed by atoms with Crippen LogP contribution in [0, 0.1) is 0 Å². The molecule has 0 fully saturated rings. The molecular weight excluding hydrogens is 124 g/mol. The Bertz CT molecular complexity index is 293. The van der Waals surface area contributed by atoms with Crippen LogP contribution in [0.2, 0.25) is 0 Å². The Morgan fingerprint density at radius 2 is 2.38 bits per heavy atom. The van der Waals surface area contributed by atoms with Crippen molar-refractivity contribution in [2.24, 2.45) is 0 Å². The number of carbonyl (C=O) groups excluding carboxylic acids is 1. The van der Waals surface area contributed by atoms with Gasteiger partial charge in [0.25, 0.3) is 0 Å². The molecule has 0 bridgehead atoms. The van der Waals surface area contributed by atoms with E-state index < -0.39 is 30.7 Å².